The van der Waals surface area contributed by atoms with E-state index in [1.54, 1.807) is 42.5 Å². The lowest BCUT2D eigenvalue weighted by atomic mass is 9.66. The Bertz CT molecular complexity index is 4130. The van der Waals surface area contributed by atoms with Gasteiger partial charge in [-0.15, -0.1) is 0 Å². The maximum absolute atomic E-state index is 10.2. The van der Waals surface area contributed by atoms with Gasteiger partial charge in [0.1, 0.15) is 0 Å². The summed E-state index contributed by atoms with van der Waals surface area (Å²) in [6, 6.07) is -9.55. The zero-order valence-corrected chi connectivity index (χ0v) is 25.7. The highest BCUT2D eigenvalue weighted by atomic mass is 14.4. The Kier molecular flexibility index (Phi) is 3.10. The van der Waals surface area contributed by atoms with E-state index in [1.165, 1.54) is 0 Å². The Morgan fingerprint density at radius 2 is 1.16 bits per heavy atom. The largest absolute Gasteiger partial charge is 0.0760 e. The maximum Gasteiger partial charge on any atom is 0.0636 e. The van der Waals surface area contributed by atoms with E-state index in [0.29, 0.717) is 10.8 Å². The van der Waals surface area contributed by atoms with E-state index in [-0.39, 0.29) is 11.1 Å². The van der Waals surface area contributed by atoms with Crippen LogP contribution >= 0.6 is 0 Å². The monoisotopic (exact) mass is 659 g/mol. The molecule has 0 aromatic heterocycles. The molecule has 234 valence electrons. The molecule has 0 nitrogen and oxygen atoms in total. The number of fused-ring (bicyclic) bond motifs is 5. The Balaban J connectivity index is 1.48. The Hall–Kier alpha value is -6.24. The molecular weight excluding hydrogens is 601 g/mol. The van der Waals surface area contributed by atoms with E-state index in [0.717, 1.165) is 0 Å². The quantitative estimate of drug-likeness (QED) is 0.176. The second-order valence-corrected chi connectivity index (χ2v) is 11.6. The molecule has 0 bridgehead atoms. The van der Waals surface area contributed by atoms with Crippen LogP contribution in [0.1, 0.15) is 62.4 Å². The van der Waals surface area contributed by atoms with Crippen molar-refractivity contribution in [2.24, 2.45) is 5.92 Å². The van der Waals surface area contributed by atoms with Crippen LogP contribution in [-0.2, 0) is 0 Å². The number of allylic oxidation sites excluding steroid dienone is 5. The molecule has 0 saturated heterocycles. The van der Waals surface area contributed by atoms with Gasteiger partial charge in [0, 0.05) is 11.8 Å². The zero-order valence-electron chi connectivity index (χ0n) is 50.7. The molecule has 0 heteroatoms. The van der Waals surface area contributed by atoms with E-state index in [4.69, 9.17) is 15.1 Å². The smallest absolute Gasteiger partial charge is 0.0636 e. The molecule has 2 aliphatic rings. The van der Waals surface area contributed by atoms with Crippen LogP contribution in [0.3, 0.4) is 0 Å². The van der Waals surface area contributed by atoms with E-state index >= 15 is 0 Å². The van der Waals surface area contributed by atoms with Gasteiger partial charge in [-0.1, -0.05) is 175 Å². The summed E-state index contributed by atoms with van der Waals surface area (Å²) in [5.41, 5.74) is -5.44. The summed E-state index contributed by atoms with van der Waals surface area (Å²) >= 11 is 0. The average Bonchev–Trinajstić information content (AvgIpc) is 3.42. The predicted octanol–water partition coefficient (Wildman–Crippen LogP) is 13.2. The average molecular weight is 660 g/mol. The summed E-state index contributed by atoms with van der Waals surface area (Å²) in [6.45, 7) is 0. The van der Waals surface area contributed by atoms with Crippen molar-refractivity contribution in [3.05, 3.63) is 221 Å². The molecule has 0 aliphatic heterocycles. The minimum Gasteiger partial charge on any atom is -0.0760 e. The summed E-state index contributed by atoms with van der Waals surface area (Å²) < 4.78 is 230. The van der Waals surface area contributed by atoms with Gasteiger partial charge in [0.25, 0.3) is 0 Å². The SMILES string of the molecule is [2H]C1=C([2H])C2=C(c3c([2H])c([2H])c4c([2H])c([2H])c([2H])c([2H])c4c3[2H])c3c([2H])c(-c4c([2H])c([2H])c5c([2H])c([2H])c([2H])c([2H])c5c4[2H])c([2H])c([2H])c3C(c3c([2H])c([2H])c([2H])c(-c4cccc5ccccc45)c3[2H])C2C([2H])=C1[2H]. The summed E-state index contributed by atoms with van der Waals surface area (Å²) in [6.07, 6.45) is 0. The van der Waals surface area contributed by atoms with E-state index in [9.17, 15) is 19.2 Å². The third kappa shape index (κ3) is 4.76. The normalized spacial score (nSPS) is 24.4. The first-order valence-corrected chi connectivity index (χ1v) is 15.6. The number of hydrogen-bond acceptors (Lipinski definition) is 0. The first kappa shape index (κ1) is 13.2. The van der Waals surface area contributed by atoms with E-state index in [1.807, 2.05) is 0 Å². The molecule has 10 rings (SSSR count). The first-order chi connectivity index (χ1) is 35.2. The lowest BCUT2D eigenvalue weighted by molar-refractivity contribution is 0.649. The van der Waals surface area contributed by atoms with Crippen molar-refractivity contribution in [1.82, 2.24) is 0 Å². The van der Waals surface area contributed by atoms with Gasteiger partial charge in [-0.2, -0.15) is 0 Å². The fraction of sp³-hybridized carbons (Fsp3) is 0.0400. The Morgan fingerprint density at radius 3 is 2.00 bits per heavy atom. The minimum absolute atomic E-state index is 0.216. The van der Waals surface area contributed by atoms with Crippen molar-refractivity contribution >= 4 is 37.9 Å². The topological polar surface area (TPSA) is 0 Å². The van der Waals surface area contributed by atoms with Crippen molar-refractivity contribution in [2.75, 3.05) is 0 Å². The zero-order chi connectivity index (χ0) is 54.8. The third-order valence-corrected chi connectivity index (χ3v) is 8.82. The van der Waals surface area contributed by atoms with Crippen molar-refractivity contribution in [3.63, 3.8) is 0 Å². The van der Waals surface area contributed by atoms with Gasteiger partial charge in [0.2, 0.25) is 0 Å². The van der Waals surface area contributed by atoms with Gasteiger partial charge in [0.05, 0.1) is 34.3 Å². The van der Waals surface area contributed by atoms with Crippen LogP contribution in [0.5, 0.6) is 0 Å². The highest BCUT2D eigenvalue weighted by molar-refractivity contribution is 5.98. The molecule has 0 spiro atoms. The van der Waals surface area contributed by atoms with Gasteiger partial charge in [-0.3, -0.25) is 0 Å². The van der Waals surface area contributed by atoms with Crippen molar-refractivity contribution < 1.29 is 34.3 Å². The molecule has 0 heterocycles. The fourth-order valence-corrected chi connectivity index (χ4v) is 6.58. The number of benzene rings is 8. The molecule has 2 aliphatic carbocycles. The third-order valence-electron chi connectivity index (χ3n) is 8.82. The summed E-state index contributed by atoms with van der Waals surface area (Å²) in [5, 5.41) is -1.21. The molecule has 0 fully saturated rings. The molecule has 8 aromatic rings. The molecule has 2 unspecified atom stereocenters. The van der Waals surface area contributed by atoms with E-state index in [2.05, 4.69) is 0 Å². The van der Waals surface area contributed by atoms with Crippen molar-refractivity contribution in [3.8, 4) is 22.3 Å². The number of rotatable bonds is 4. The van der Waals surface area contributed by atoms with Gasteiger partial charge in [-0.05, 0) is 106 Å². The van der Waals surface area contributed by atoms with Crippen LogP contribution in [0, 0.1) is 5.92 Å². The lowest BCUT2D eigenvalue weighted by Gasteiger charge is -2.37. The molecule has 0 amide bonds. The van der Waals surface area contributed by atoms with Crippen LogP contribution < -0.4 is 0 Å². The molecule has 0 saturated carbocycles. The van der Waals surface area contributed by atoms with Crippen molar-refractivity contribution in [2.45, 2.75) is 5.92 Å². The predicted molar refractivity (Wildman–Crippen MR) is 212 cm³/mol. The summed E-state index contributed by atoms with van der Waals surface area (Å²) in [5.74, 6) is -3.91. The Labute approximate surface area is 328 Å². The standard InChI is InChI=1S/C50H34/c1-3-14-36-29-38(25-23-33(36)11-1)39-27-28-47-48(32-39)50(42-26-24-34-12-2-4-15-37(34)30-42)46-21-8-7-20-45(46)49(47)41-18-9-17-40(31-41)44-22-10-16-35-13-5-6-19-43(35)44/h1-32,45,49H/i1D,2D,3D,4D,7D,8D,9D,11D,12D,14D,15D,17D,18D,20D,21D,23D,24D,25D,26D,27D,28D,29D,30D,31D,32D. The van der Waals surface area contributed by atoms with E-state index < -0.39 is 229 Å². The van der Waals surface area contributed by atoms with Crippen LogP contribution in [-0.4, -0.2) is 0 Å². The molecule has 8 aromatic carbocycles. The molecule has 50 heavy (non-hydrogen) atoms. The summed E-state index contributed by atoms with van der Waals surface area (Å²) in [7, 11) is 0. The summed E-state index contributed by atoms with van der Waals surface area (Å²) in [4.78, 5) is 0. The van der Waals surface area contributed by atoms with Gasteiger partial charge >= 0.3 is 0 Å². The lowest BCUT2D eigenvalue weighted by Crippen LogP contribution is -2.23. The fourth-order valence-electron chi connectivity index (χ4n) is 6.58. The van der Waals surface area contributed by atoms with Gasteiger partial charge in [-0.25, -0.2) is 0 Å². The van der Waals surface area contributed by atoms with Crippen molar-refractivity contribution in [1.29, 1.82) is 0 Å². The molecule has 0 radical (unpaired) electrons. The maximum atomic E-state index is 10.2. The van der Waals surface area contributed by atoms with Crippen LogP contribution in [0.4, 0.5) is 0 Å². The molecule has 2 atom stereocenters. The second kappa shape index (κ2) is 11.7. The van der Waals surface area contributed by atoms with Gasteiger partial charge in [0.15, 0.2) is 0 Å². The Morgan fingerprint density at radius 1 is 0.460 bits per heavy atom. The highest BCUT2D eigenvalue weighted by Crippen LogP contribution is 2.51. The second-order valence-electron chi connectivity index (χ2n) is 11.6. The minimum atomic E-state index is -1.97. The number of hydrogen-bond donors (Lipinski definition) is 0. The molecular formula is C50H34. The highest BCUT2D eigenvalue weighted by Gasteiger charge is 2.36. The van der Waals surface area contributed by atoms with Crippen LogP contribution in [0.15, 0.2) is 199 Å². The van der Waals surface area contributed by atoms with Crippen LogP contribution in [0.2, 0.25) is 0 Å². The first-order valence-electron chi connectivity index (χ1n) is 28.1. The van der Waals surface area contributed by atoms with Gasteiger partial charge < -0.3 is 0 Å². The molecule has 0 N–H and O–H groups in total. The van der Waals surface area contributed by atoms with Crippen LogP contribution in [0.25, 0.3) is 60.1 Å².